The molecule has 2 rings (SSSR count). The Morgan fingerprint density at radius 3 is 2.39 bits per heavy atom. The Morgan fingerprint density at radius 2 is 1.74 bits per heavy atom. The lowest BCUT2D eigenvalue weighted by Gasteiger charge is -2.14. The van der Waals surface area contributed by atoms with Gasteiger partial charge < -0.3 is 9.63 Å². The van der Waals surface area contributed by atoms with Crippen LogP contribution < -0.4 is 4.52 Å². The Labute approximate surface area is 145 Å². The number of hydrogen-bond acceptors (Lipinski definition) is 3. The lowest BCUT2D eigenvalue weighted by atomic mass is 10.1. The molecule has 4 heteroatoms. The van der Waals surface area contributed by atoms with E-state index in [1.807, 2.05) is 26.0 Å². The molecule has 2 nitrogen and oxygen atoms in total. The second-order valence-electron chi connectivity index (χ2n) is 5.68. The van der Waals surface area contributed by atoms with Crippen LogP contribution in [0.15, 0.2) is 46.7 Å². The average molecular weight is 346 g/mol. The smallest absolute Gasteiger partial charge is 0.125 e. The lowest BCUT2D eigenvalue weighted by Crippen LogP contribution is -1.91. The molecule has 1 unspecified atom stereocenters. The number of rotatable bonds is 6. The molecule has 0 aliphatic heterocycles. The third kappa shape index (κ3) is 4.31. The fourth-order valence-electron chi connectivity index (χ4n) is 2.40. The van der Waals surface area contributed by atoms with Gasteiger partial charge in [0.15, 0.2) is 0 Å². The van der Waals surface area contributed by atoms with Gasteiger partial charge in [-0.15, -0.1) is 6.58 Å². The number of hydrogen-bond donors (Lipinski definition) is 1. The largest absolute Gasteiger partial charge is 0.508 e. The van der Waals surface area contributed by atoms with Gasteiger partial charge >= 0.3 is 0 Å². The quantitative estimate of drug-likeness (QED) is 0.533. The topological polar surface area (TPSA) is 29.5 Å². The monoisotopic (exact) mass is 346 g/mol. The summed E-state index contributed by atoms with van der Waals surface area (Å²) in [5.41, 5.74) is 4.34. The fraction of sp³-hybridized carbons (Fsp3) is 0.263. The average Bonchev–Trinajstić information content (AvgIpc) is 2.51. The highest BCUT2D eigenvalue weighted by atomic mass is 32.2. The second-order valence-corrected chi connectivity index (χ2v) is 7.00. The standard InChI is InChI=1S/C19H23O2PS/c1-5-6-7-15-11-19(13(3)8-16(15)20)23-18-10-12(2)17(21-22)9-14(18)4/h5,8-11,20H,1,6-7,22H2,2-4H3. The van der Waals surface area contributed by atoms with E-state index in [0.717, 1.165) is 35.3 Å². The first-order valence-electron chi connectivity index (χ1n) is 7.55. The van der Waals surface area contributed by atoms with Crippen molar-refractivity contribution in [2.75, 3.05) is 0 Å². The first kappa shape index (κ1) is 17.9. The van der Waals surface area contributed by atoms with Crippen molar-refractivity contribution in [2.45, 2.75) is 43.4 Å². The molecule has 0 spiro atoms. The Bertz CT molecular complexity index is 726. The number of benzene rings is 2. The van der Waals surface area contributed by atoms with E-state index >= 15 is 0 Å². The van der Waals surface area contributed by atoms with E-state index in [2.05, 4.69) is 41.2 Å². The fourth-order valence-corrected chi connectivity index (χ4v) is 3.77. The summed E-state index contributed by atoms with van der Waals surface area (Å²) in [6.45, 7) is 9.91. The third-order valence-corrected chi connectivity index (χ3v) is 5.39. The van der Waals surface area contributed by atoms with E-state index in [1.54, 1.807) is 11.8 Å². The molecular formula is C19H23O2PS. The van der Waals surface area contributed by atoms with Crippen molar-refractivity contribution >= 4 is 21.2 Å². The first-order valence-corrected chi connectivity index (χ1v) is 8.84. The molecule has 1 N–H and O–H groups in total. The minimum atomic E-state index is 0.369. The Balaban J connectivity index is 2.36. The molecule has 2 aromatic rings. The maximum atomic E-state index is 10.1. The van der Waals surface area contributed by atoms with Crippen molar-refractivity contribution in [1.29, 1.82) is 0 Å². The van der Waals surface area contributed by atoms with Crippen LogP contribution in [0.1, 0.15) is 28.7 Å². The van der Waals surface area contributed by atoms with E-state index < -0.39 is 0 Å². The summed E-state index contributed by atoms with van der Waals surface area (Å²) in [4.78, 5) is 2.38. The predicted octanol–water partition coefficient (Wildman–Crippen LogP) is 5.76. The Hall–Kier alpha value is -1.44. The van der Waals surface area contributed by atoms with Gasteiger partial charge in [-0.1, -0.05) is 17.8 Å². The summed E-state index contributed by atoms with van der Waals surface area (Å²) in [6, 6.07) is 8.14. The van der Waals surface area contributed by atoms with Gasteiger partial charge in [-0.05, 0) is 80.1 Å². The Kier molecular flexibility index (Phi) is 6.15. The van der Waals surface area contributed by atoms with Crippen LogP contribution in [0.5, 0.6) is 11.5 Å². The minimum absolute atomic E-state index is 0.369. The zero-order chi connectivity index (χ0) is 17.0. The van der Waals surface area contributed by atoms with Gasteiger partial charge in [-0.2, -0.15) is 0 Å². The van der Waals surface area contributed by atoms with Gasteiger partial charge in [0.2, 0.25) is 0 Å². The minimum Gasteiger partial charge on any atom is -0.508 e. The number of phenols is 1. The molecule has 0 radical (unpaired) electrons. The molecule has 0 aliphatic carbocycles. The zero-order valence-electron chi connectivity index (χ0n) is 13.8. The molecule has 0 saturated carbocycles. The van der Waals surface area contributed by atoms with Crippen molar-refractivity contribution in [3.05, 3.63) is 59.2 Å². The summed E-state index contributed by atoms with van der Waals surface area (Å²) in [6.07, 6.45) is 3.54. The van der Waals surface area contributed by atoms with Crippen molar-refractivity contribution in [1.82, 2.24) is 0 Å². The van der Waals surface area contributed by atoms with Crippen molar-refractivity contribution in [2.24, 2.45) is 0 Å². The number of allylic oxidation sites excluding steroid dienone is 1. The molecule has 1 atom stereocenters. The predicted molar refractivity (Wildman–Crippen MR) is 102 cm³/mol. The van der Waals surface area contributed by atoms with E-state index in [1.165, 1.54) is 15.4 Å². The summed E-state index contributed by atoms with van der Waals surface area (Å²) in [5, 5.41) is 10.1. The molecule has 0 aromatic heterocycles. The summed E-state index contributed by atoms with van der Waals surface area (Å²) in [5.74, 6) is 1.25. The van der Waals surface area contributed by atoms with Gasteiger partial charge in [-0.3, -0.25) is 0 Å². The molecule has 0 amide bonds. The number of aryl methyl sites for hydroxylation is 4. The number of aromatic hydroxyl groups is 1. The summed E-state index contributed by atoms with van der Waals surface area (Å²) in [7, 11) is 2.30. The van der Waals surface area contributed by atoms with Gasteiger partial charge in [0.1, 0.15) is 11.5 Å². The molecule has 2 aromatic carbocycles. The van der Waals surface area contributed by atoms with Crippen LogP contribution in [0.4, 0.5) is 0 Å². The first-order chi connectivity index (χ1) is 11.0. The second kappa shape index (κ2) is 7.90. The van der Waals surface area contributed by atoms with Crippen molar-refractivity contribution < 1.29 is 9.63 Å². The molecule has 0 fully saturated rings. The highest BCUT2D eigenvalue weighted by molar-refractivity contribution is 7.99. The molecule has 0 aliphatic rings. The molecule has 122 valence electrons. The molecule has 23 heavy (non-hydrogen) atoms. The van der Waals surface area contributed by atoms with Gasteiger partial charge in [0, 0.05) is 9.79 Å². The van der Waals surface area contributed by atoms with Crippen LogP contribution >= 0.6 is 21.2 Å². The van der Waals surface area contributed by atoms with E-state index in [4.69, 9.17) is 4.52 Å². The third-order valence-electron chi connectivity index (χ3n) is 3.81. The maximum Gasteiger partial charge on any atom is 0.125 e. The van der Waals surface area contributed by atoms with Crippen LogP contribution in [-0.4, -0.2) is 5.11 Å². The zero-order valence-corrected chi connectivity index (χ0v) is 15.8. The molecule has 0 heterocycles. The van der Waals surface area contributed by atoms with Crippen LogP contribution in [0, 0.1) is 20.8 Å². The van der Waals surface area contributed by atoms with Gasteiger partial charge in [0.25, 0.3) is 0 Å². The van der Waals surface area contributed by atoms with Crippen molar-refractivity contribution in [3.8, 4) is 11.5 Å². The summed E-state index contributed by atoms with van der Waals surface area (Å²) < 4.78 is 5.30. The van der Waals surface area contributed by atoms with Crippen LogP contribution in [0.25, 0.3) is 0 Å². The van der Waals surface area contributed by atoms with Crippen molar-refractivity contribution in [3.63, 3.8) is 0 Å². The highest BCUT2D eigenvalue weighted by Gasteiger charge is 2.11. The van der Waals surface area contributed by atoms with Gasteiger partial charge in [0.05, 0.1) is 9.47 Å². The SMILES string of the molecule is C=CCCc1cc(Sc2cc(C)c(OP)cc2C)c(C)cc1O. The summed E-state index contributed by atoms with van der Waals surface area (Å²) >= 11 is 1.73. The maximum absolute atomic E-state index is 10.1. The van der Waals surface area contributed by atoms with E-state index in [-0.39, 0.29) is 0 Å². The normalized spacial score (nSPS) is 10.6. The molecule has 0 saturated heterocycles. The van der Waals surface area contributed by atoms with Crippen LogP contribution in [0.3, 0.4) is 0 Å². The van der Waals surface area contributed by atoms with Gasteiger partial charge in [-0.25, -0.2) is 0 Å². The molecule has 0 bridgehead atoms. The Morgan fingerprint density at radius 1 is 1.09 bits per heavy atom. The van der Waals surface area contributed by atoms with Crippen LogP contribution in [0.2, 0.25) is 0 Å². The lowest BCUT2D eigenvalue weighted by molar-refractivity contribution is 0.467. The number of phenolic OH excluding ortho intramolecular Hbond substituents is 1. The highest BCUT2D eigenvalue weighted by Crippen LogP contribution is 2.38. The van der Waals surface area contributed by atoms with E-state index in [0.29, 0.717) is 5.75 Å². The van der Waals surface area contributed by atoms with Crippen LogP contribution in [-0.2, 0) is 6.42 Å². The van der Waals surface area contributed by atoms with E-state index in [9.17, 15) is 5.11 Å². The molecular weight excluding hydrogens is 323 g/mol.